The van der Waals surface area contributed by atoms with Gasteiger partial charge < -0.3 is 0 Å². The van der Waals surface area contributed by atoms with Gasteiger partial charge in [-0.2, -0.15) is 5.26 Å². The summed E-state index contributed by atoms with van der Waals surface area (Å²) >= 11 is 1.80. The normalized spacial score (nSPS) is 23.8. The van der Waals surface area contributed by atoms with Crippen molar-refractivity contribution in [3.63, 3.8) is 0 Å². The van der Waals surface area contributed by atoms with Gasteiger partial charge in [-0.1, -0.05) is 19.8 Å². The number of rotatable bonds is 5. The van der Waals surface area contributed by atoms with Crippen LogP contribution >= 0.6 is 11.3 Å². The number of aryl methyl sites for hydroxylation is 1. The minimum absolute atomic E-state index is 0.590. The number of hydrogen-bond donors (Lipinski definition) is 0. The Bertz CT molecular complexity index is 397. The number of nitrogens with zero attached hydrogens (tertiary/aromatic N) is 2. The topological polar surface area (TPSA) is 36.7 Å². The van der Waals surface area contributed by atoms with Crippen molar-refractivity contribution >= 4 is 11.3 Å². The van der Waals surface area contributed by atoms with Crippen molar-refractivity contribution in [2.24, 2.45) is 5.92 Å². The SMILES string of the molecule is CCCC1CCC(c2nc(CCC#N)cs2)CC1. The first-order chi connectivity index (χ1) is 8.83. The van der Waals surface area contributed by atoms with Gasteiger partial charge in [0.05, 0.1) is 16.8 Å². The van der Waals surface area contributed by atoms with Crippen molar-refractivity contribution in [1.29, 1.82) is 5.26 Å². The molecule has 0 N–H and O–H groups in total. The average Bonchev–Trinajstić information content (AvgIpc) is 2.86. The van der Waals surface area contributed by atoms with Gasteiger partial charge in [-0.15, -0.1) is 11.3 Å². The maximum absolute atomic E-state index is 8.59. The van der Waals surface area contributed by atoms with Crippen LogP contribution in [0.3, 0.4) is 0 Å². The third kappa shape index (κ3) is 3.55. The second-order valence-electron chi connectivity index (χ2n) is 5.34. The highest BCUT2D eigenvalue weighted by atomic mass is 32.1. The minimum Gasteiger partial charge on any atom is -0.246 e. The summed E-state index contributed by atoms with van der Waals surface area (Å²) in [7, 11) is 0. The predicted octanol–water partition coefficient (Wildman–Crippen LogP) is 4.67. The van der Waals surface area contributed by atoms with Crippen molar-refractivity contribution in [3.8, 4) is 6.07 Å². The van der Waals surface area contributed by atoms with E-state index in [0.717, 1.165) is 18.0 Å². The largest absolute Gasteiger partial charge is 0.246 e. The minimum atomic E-state index is 0.590. The van der Waals surface area contributed by atoms with Gasteiger partial charge in [-0.05, 0) is 31.6 Å². The van der Waals surface area contributed by atoms with Crippen LogP contribution in [0.1, 0.15) is 68.5 Å². The molecule has 1 fully saturated rings. The molecule has 98 valence electrons. The highest BCUT2D eigenvalue weighted by Gasteiger charge is 2.23. The zero-order valence-electron chi connectivity index (χ0n) is 11.2. The Morgan fingerprint density at radius 2 is 2.17 bits per heavy atom. The molecule has 3 heteroatoms. The predicted molar refractivity (Wildman–Crippen MR) is 75.7 cm³/mol. The maximum atomic E-state index is 8.59. The lowest BCUT2D eigenvalue weighted by Crippen LogP contribution is -2.13. The van der Waals surface area contributed by atoms with E-state index in [1.165, 1.54) is 43.5 Å². The van der Waals surface area contributed by atoms with Gasteiger partial charge in [0.1, 0.15) is 0 Å². The van der Waals surface area contributed by atoms with Gasteiger partial charge >= 0.3 is 0 Å². The molecule has 0 spiro atoms. The summed E-state index contributed by atoms with van der Waals surface area (Å²) < 4.78 is 0. The molecule has 0 aliphatic heterocycles. The molecule has 18 heavy (non-hydrogen) atoms. The van der Waals surface area contributed by atoms with Gasteiger partial charge in [-0.3, -0.25) is 0 Å². The Labute approximate surface area is 114 Å². The van der Waals surface area contributed by atoms with E-state index in [1.54, 1.807) is 11.3 Å². The van der Waals surface area contributed by atoms with Crippen LogP contribution in [0.4, 0.5) is 0 Å². The number of aromatic nitrogens is 1. The van der Waals surface area contributed by atoms with E-state index in [2.05, 4.69) is 18.4 Å². The molecule has 1 heterocycles. The van der Waals surface area contributed by atoms with Crippen LogP contribution in [0.2, 0.25) is 0 Å². The molecule has 0 saturated heterocycles. The zero-order chi connectivity index (χ0) is 12.8. The van der Waals surface area contributed by atoms with E-state index in [4.69, 9.17) is 10.2 Å². The average molecular weight is 262 g/mol. The molecular formula is C15H22N2S. The van der Waals surface area contributed by atoms with Crippen molar-refractivity contribution in [2.75, 3.05) is 0 Å². The van der Waals surface area contributed by atoms with Crippen LogP contribution < -0.4 is 0 Å². The van der Waals surface area contributed by atoms with E-state index in [9.17, 15) is 0 Å². The van der Waals surface area contributed by atoms with Crippen LogP contribution in [0.25, 0.3) is 0 Å². The monoisotopic (exact) mass is 262 g/mol. The molecule has 0 radical (unpaired) electrons. The quantitative estimate of drug-likeness (QED) is 0.773. The number of thiazole rings is 1. The molecule has 1 aromatic rings. The second kappa shape index (κ2) is 6.89. The molecule has 1 aliphatic rings. The number of hydrogen-bond acceptors (Lipinski definition) is 3. The Morgan fingerprint density at radius 3 is 2.83 bits per heavy atom. The van der Waals surface area contributed by atoms with E-state index < -0.39 is 0 Å². The van der Waals surface area contributed by atoms with Crippen LogP contribution in [0, 0.1) is 17.2 Å². The fourth-order valence-corrected chi connectivity index (χ4v) is 3.94. The first-order valence-corrected chi connectivity index (χ1v) is 8.02. The second-order valence-corrected chi connectivity index (χ2v) is 6.23. The van der Waals surface area contributed by atoms with Gasteiger partial charge in [0.15, 0.2) is 0 Å². The first kappa shape index (κ1) is 13.5. The van der Waals surface area contributed by atoms with Crippen LogP contribution in [0.5, 0.6) is 0 Å². The highest BCUT2D eigenvalue weighted by Crippen LogP contribution is 2.38. The Morgan fingerprint density at radius 1 is 1.39 bits per heavy atom. The third-order valence-electron chi connectivity index (χ3n) is 3.96. The zero-order valence-corrected chi connectivity index (χ0v) is 12.0. The smallest absolute Gasteiger partial charge is 0.0959 e. The van der Waals surface area contributed by atoms with Gasteiger partial charge in [0, 0.05) is 24.1 Å². The molecular weight excluding hydrogens is 240 g/mol. The summed E-state index contributed by atoms with van der Waals surface area (Å²) in [6, 6.07) is 2.19. The molecule has 1 aromatic heterocycles. The van der Waals surface area contributed by atoms with Crippen LogP contribution in [-0.4, -0.2) is 4.98 Å². The van der Waals surface area contributed by atoms with Crippen molar-refractivity contribution in [1.82, 2.24) is 4.98 Å². The Balaban J connectivity index is 1.85. The number of nitriles is 1. The lowest BCUT2D eigenvalue weighted by molar-refractivity contribution is 0.308. The summed E-state index contributed by atoms with van der Waals surface area (Å²) in [5.74, 6) is 1.66. The fraction of sp³-hybridized carbons (Fsp3) is 0.733. The molecule has 0 unspecified atom stereocenters. The van der Waals surface area contributed by atoms with E-state index in [0.29, 0.717) is 12.3 Å². The molecule has 0 amide bonds. The van der Waals surface area contributed by atoms with Gasteiger partial charge in [-0.25, -0.2) is 4.98 Å². The lowest BCUT2D eigenvalue weighted by atomic mass is 9.80. The van der Waals surface area contributed by atoms with Crippen LogP contribution in [-0.2, 0) is 6.42 Å². The molecule has 0 atom stereocenters. The molecule has 2 nitrogen and oxygen atoms in total. The van der Waals surface area contributed by atoms with E-state index in [1.807, 2.05) is 0 Å². The van der Waals surface area contributed by atoms with Crippen molar-refractivity contribution < 1.29 is 0 Å². The van der Waals surface area contributed by atoms with Gasteiger partial charge in [0.25, 0.3) is 0 Å². The molecule has 1 aliphatic carbocycles. The van der Waals surface area contributed by atoms with Crippen LogP contribution in [0.15, 0.2) is 5.38 Å². The summed E-state index contributed by atoms with van der Waals surface area (Å²) in [6.45, 7) is 2.29. The molecule has 1 saturated carbocycles. The Kier molecular flexibility index (Phi) is 5.19. The molecule has 2 rings (SSSR count). The van der Waals surface area contributed by atoms with E-state index in [-0.39, 0.29) is 0 Å². The molecule has 0 bridgehead atoms. The summed E-state index contributed by atoms with van der Waals surface area (Å²) in [5.41, 5.74) is 1.12. The Hall–Kier alpha value is -0.880. The third-order valence-corrected chi connectivity index (χ3v) is 5.01. The standard InChI is InChI=1S/C15H22N2S/c1-2-4-12-6-8-13(9-7-12)15-17-14(11-18-15)5-3-10-16/h11-13H,2-9H2,1H3. The molecule has 0 aromatic carbocycles. The van der Waals surface area contributed by atoms with E-state index >= 15 is 0 Å². The summed E-state index contributed by atoms with van der Waals surface area (Å²) in [4.78, 5) is 4.71. The maximum Gasteiger partial charge on any atom is 0.0959 e. The summed E-state index contributed by atoms with van der Waals surface area (Å²) in [6.07, 6.45) is 9.52. The summed E-state index contributed by atoms with van der Waals surface area (Å²) in [5, 5.41) is 12.0. The van der Waals surface area contributed by atoms with Gasteiger partial charge in [0.2, 0.25) is 0 Å². The fourth-order valence-electron chi connectivity index (χ4n) is 2.92. The first-order valence-electron chi connectivity index (χ1n) is 7.14. The van der Waals surface area contributed by atoms with Crippen molar-refractivity contribution in [2.45, 2.75) is 64.2 Å². The highest BCUT2D eigenvalue weighted by molar-refractivity contribution is 7.09. The van der Waals surface area contributed by atoms with Crippen molar-refractivity contribution in [3.05, 3.63) is 16.1 Å². The lowest BCUT2D eigenvalue weighted by Gasteiger charge is -2.26.